The van der Waals surface area contributed by atoms with E-state index >= 15 is 0 Å². The van der Waals surface area contributed by atoms with Crippen LogP contribution in [0.15, 0.2) is 22.7 Å². The molecular formula is C13H14BrNO2. The second-order valence-electron chi connectivity index (χ2n) is 3.61. The Hall–Kier alpha value is -1.31. The monoisotopic (exact) mass is 295 g/mol. The summed E-state index contributed by atoms with van der Waals surface area (Å²) in [5.41, 5.74) is 6.47. The third-order valence-corrected chi connectivity index (χ3v) is 2.85. The van der Waals surface area contributed by atoms with Crippen LogP contribution in [-0.2, 0) is 11.2 Å². The van der Waals surface area contributed by atoms with Crippen LogP contribution in [0, 0.1) is 12.3 Å². The Morgan fingerprint density at radius 1 is 1.65 bits per heavy atom. The van der Waals surface area contributed by atoms with E-state index in [-0.39, 0.29) is 18.6 Å². The molecule has 0 fully saturated rings. The number of carbonyl (C=O) groups excluding carboxylic acids is 1. The summed E-state index contributed by atoms with van der Waals surface area (Å²) in [5, 5.41) is 0. The third-order valence-electron chi connectivity index (χ3n) is 2.36. The zero-order valence-corrected chi connectivity index (χ0v) is 11.2. The van der Waals surface area contributed by atoms with Gasteiger partial charge in [-0.15, -0.1) is 12.3 Å². The number of halogens is 1. The quantitative estimate of drug-likeness (QED) is 0.845. The Morgan fingerprint density at radius 3 is 2.94 bits per heavy atom. The van der Waals surface area contributed by atoms with Crippen LogP contribution in [0.4, 0.5) is 0 Å². The number of hydrogen-bond acceptors (Lipinski definition) is 3. The van der Waals surface area contributed by atoms with Crippen LogP contribution in [0.2, 0.25) is 0 Å². The van der Waals surface area contributed by atoms with E-state index in [4.69, 9.17) is 16.9 Å². The largest absolute Gasteiger partial charge is 0.496 e. The Labute approximate surface area is 109 Å². The van der Waals surface area contributed by atoms with Gasteiger partial charge in [0.25, 0.3) is 0 Å². The average Bonchev–Trinajstić information content (AvgIpc) is 2.29. The molecule has 1 rings (SSSR count). The maximum Gasteiger partial charge on any atom is 0.154 e. The zero-order chi connectivity index (χ0) is 12.8. The van der Waals surface area contributed by atoms with Crippen LogP contribution in [0.3, 0.4) is 0 Å². The molecule has 3 nitrogen and oxygen atoms in total. The molecule has 0 spiro atoms. The highest BCUT2D eigenvalue weighted by molar-refractivity contribution is 9.10. The van der Waals surface area contributed by atoms with Gasteiger partial charge in [0.1, 0.15) is 5.75 Å². The fourth-order valence-electron chi connectivity index (χ4n) is 1.44. The lowest BCUT2D eigenvalue weighted by Gasteiger charge is -2.11. The van der Waals surface area contributed by atoms with Crippen LogP contribution in [0.5, 0.6) is 5.75 Å². The maximum atomic E-state index is 11.8. The first kappa shape index (κ1) is 13.8. The highest BCUT2D eigenvalue weighted by Gasteiger charge is 2.15. The Balaban J connectivity index is 2.84. The molecule has 1 unspecified atom stereocenters. The molecule has 0 aliphatic heterocycles. The van der Waals surface area contributed by atoms with Crippen molar-refractivity contribution in [1.82, 2.24) is 0 Å². The SMILES string of the molecule is C#CCC(N)C(=O)Cc1cc(Br)ccc1OC. The molecule has 0 aromatic heterocycles. The molecule has 1 atom stereocenters. The summed E-state index contributed by atoms with van der Waals surface area (Å²) in [6.07, 6.45) is 5.61. The summed E-state index contributed by atoms with van der Waals surface area (Å²) in [6, 6.07) is 4.90. The zero-order valence-electron chi connectivity index (χ0n) is 9.57. The second kappa shape index (κ2) is 6.43. The molecule has 0 saturated carbocycles. The molecule has 0 saturated heterocycles. The number of Topliss-reactive ketones (excluding diaryl/α,β-unsaturated/α-hetero) is 1. The van der Waals surface area contributed by atoms with Gasteiger partial charge in [0.05, 0.1) is 13.2 Å². The number of carbonyl (C=O) groups is 1. The number of nitrogens with two attached hydrogens (primary N) is 1. The lowest BCUT2D eigenvalue weighted by Crippen LogP contribution is -2.31. The van der Waals surface area contributed by atoms with E-state index in [2.05, 4.69) is 21.9 Å². The predicted molar refractivity (Wildman–Crippen MR) is 70.8 cm³/mol. The van der Waals surface area contributed by atoms with Gasteiger partial charge in [-0.1, -0.05) is 15.9 Å². The van der Waals surface area contributed by atoms with E-state index in [9.17, 15) is 4.79 Å². The van der Waals surface area contributed by atoms with Crippen molar-refractivity contribution >= 4 is 21.7 Å². The lowest BCUT2D eigenvalue weighted by molar-refractivity contribution is -0.119. The van der Waals surface area contributed by atoms with Gasteiger partial charge in [-0.2, -0.15) is 0 Å². The fraction of sp³-hybridized carbons (Fsp3) is 0.308. The molecule has 17 heavy (non-hydrogen) atoms. The van der Waals surface area contributed by atoms with E-state index in [1.165, 1.54) is 0 Å². The van der Waals surface area contributed by atoms with Gasteiger partial charge in [0.15, 0.2) is 5.78 Å². The minimum Gasteiger partial charge on any atom is -0.496 e. The van der Waals surface area contributed by atoms with Crippen molar-refractivity contribution in [1.29, 1.82) is 0 Å². The van der Waals surface area contributed by atoms with E-state index in [1.54, 1.807) is 13.2 Å². The first-order chi connectivity index (χ1) is 8.08. The van der Waals surface area contributed by atoms with Crippen molar-refractivity contribution in [3.05, 3.63) is 28.2 Å². The average molecular weight is 296 g/mol. The van der Waals surface area contributed by atoms with E-state index in [0.29, 0.717) is 5.75 Å². The van der Waals surface area contributed by atoms with E-state index < -0.39 is 6.04 Å². The summed E-state index contributed by atoms with van der Waals surface area (Å²) in [5.74, 6) is 2.98. The smallest absolute Gasteiger partial charge is 0.154 e. The van der Waals surface area contributed by atoms with E-state index in [0.717, 1.165) is 10.0 Å². The Bertz CT molecular complexity index is 451. The molecule has 1 aromatic rings. The molecule has 0 aliphatic rings. The van der Waals surface area contributed by atoms with Gasteiger partial charge in [-0.3, -0.25) is 4.79 Å². The molecule has 0 amide bonds. The van der Waals surface area contributed by atoms with Gasteiger partial charge in [-0.25, -0.2) is 0 Å². The summed E-state index contributed by atoms with van der Waals surface area (Å²) < 4.78 is 6.08. The summed E-state index contributed by atoms with van der Waals surface area (Å²) in [4.78, 5) is 11.8. The minimum atomic E-state index is -0.608. The number of methoxy groups -OCH3 is 1. The topological polar surface area (TPSA) is 52.3 Å². The van der Waals surface area contributed by atoms with Crippen molar-refractivity contribution in [3.8, 4) is 18.1 Å². The molecule has 90 valence electrons. The molecule has 0 heterocycles. The highest BCUT2D eigenvalue weighted by atomic mass is 79.9. The molecule has 2 N–H and O–H groups in total. The molecule has 0 radical (unpaired) electrons. The van der Waals surface area contributed by atoms with Crippen molar-refractivity contribution < 1.29 is 9.53 Å². The number of ether oxygens (including phenoxy) is 1. The lowest BCUT2D eigenvalue weighted by atomic mass is 10.0. The molecule has 4 heteroatoms. The van der Waals surface area contributed by atoms with Crippen molar-refractivity contribution in [3.63, 3.8) is 0 Å². The minimum absolute atomic E-state index is 0.0839. The first-order valence-corrected chi connectivity index (χ1v) is 5.92. The second-order valence-corrected chi connectivity index (χ2v) is 4.53. The van der Waals surface area contributed by atoms with Gasteiger partial charge in [0.2, 0.25) is 0 Å². The standard InChI is InChI=1S/C13H14BrNO2/c1-3-4-11(15)12(16)8-9-7-10(14)5-6-13(9)17-2/h1,5-7,11H,4,8,15H2,2H3. The third kappa shape index (κ3) is 3.88. The van der Waals surface area contributed by atoms with Gasteiger partial charge in [0, 0.05) is 22.9 Å². The normalized spacial score (nSPS) is 11.6. The fourth-order valence-corrected chi connectivity index (χ4v) is 1.85. The number of benzene rings is 1. The molecular weight excluding hydrogens is 282 g/mol. The Kier molecular flexibility index (Phi) is 5.20. The number of terminal acetylenes is 1. The first-order valence-electron chi connectivity index (χ1n) is 5.12. The number of ketones is 1. The van der Waals surface area contributed by atoms with Gasteiger partial charge in [-0.05, 0) is 18.2 Å². The van der Waals surface area contributed by atoms with Crippen LogP contribution >= 0.6 is 15.9 Å². The Morgan fingerprint density at radius 2 is 2.35 bits per heavy atom. The van der Waals surface area contributed by atoms with Crippen molar-refractivity contribution in [2.45, 2.75) is 18.9 Å². The summed E-state index contributed by atoms with van der Waals surface area (Å²) in [6.45, 7) is 0. The maximum absolute atomic E-state index is 11.8. The van der Waals surface area contributed by atoms with Gasteiger partial charge < -0.3 is 10.5 Å². The van der Waals surface area contributed by atoms with Crippen molar-refractivity contribution in [2.24, 2.45) is 5.73 Å². The van der Waals surface area contributed by atoms with Crippen LogP contribution in [0.1, 0.15) is 12.0 Å². The van der Waals surface area contributed by atoms with E-state index in [1.807, 2.05) is 12.1 Å². The van der Waals surface area contributed by atoms with Crippen LogP contribution in [-0.4, -0.2) is 18.9 Å². The molecule has 0 bridgehead atoms. The molecule has 1 aromatic carbocycles. The summed E-state index contributed by atoms with van der Waals surface area (Å²) >= 11 is 3.35. The number of hydrogen-bond donors (Lipinski definition) is 1. The molecule has 0 aliphatic carbocycles. The van der Waals surface area contributed by atoms with Gasteiger partial charge >= 0.3 is 0 Å². The number of rotatable bonds is 5. The highest BCUT2D eigenvalue weighted by Crippen LogP contribution is 2.23. The summed E-state index contributed by atoms with van der Waals surface area (Å²) in [7, 11) is 1.57. The van der Waals surface area contributed by atoms with Crippen LogP contribution < -0.4 is 10.5 Å². The predicted octanol–water partition coefficient (Wildman–Crippen LogP) is 1.92. The van der Waals surface area contributed by atoms with Crippen LogP contribution in [0.25, 0.3) is 0 Å². The van der Waals surface area contributed by atoms with Crippen molar-refractivity contribution in [2.75, 3.05) is 7.11 Å².